The maximum Gasteiger partial charge on any atom is 0.323 e. The quantitative estimate of drug-likeness (QED) is 0.774. The van der Waals surface area contributed by atoms with Crippen LogP contribution in [0.2, 0.25) is 0 Å². The van der Waals surface area contributed by atoms with E-state index in [1.807, 2.05) is 0 Å². The summed E-state index contributed by atoms with van der Waals surface area (Å²) in [7, 11) is 1.53. The van der Waals surface area contributed by atoms with Crippen LogP contribution in [0.5, 0.6) is 5.75 Å². The lowest BCUT2D eigenvalue weighted by Gasteiger charge is -2.18. The molecular formula is C13H15NO4. The summed E-state index contributed by atoms with van der Waals surface area (Å²) in [5, 5.41) is 8.74. The lowest BCUT2D eigenvalue weighted by molar-refractivity contribution is -0.137. The van der Waals surface area contributed by atoms with Crippen molar-refractivity contribution in [3.63, 3.8) is 0 Å². The molecule has 1 aromatic carbocycles. The molecule has 5 nitrogen and oxygen atoms in total. The van der Waals surface area contributed by atoms with Gasteiger partial charge >= 0.3 is 5.97 Å². The Bertz CT molecular complexity index is 439. The number of rotatable bonds is 6. The van der Waals surface area contributed by atoms with Crippen LogP contribution in [0.25, 0.3) is 0 Å². The molecule has 18 heavy (non-hydrogen) atoms. The van der Waals surface area contributed by atoms with Gasteiger partial charge in [0, 0.05) is 12.1 Å². The van der Waals surface area contributed by atoms with Gasteiger partial charge in [-0.2, -0.15) is 0 Å². The van der Waals surface area contributed by atoms with Crippen LogP contribution in [0.1, 0.15) is 10.4 Å². The first-order valence-electron chi connectivity index (χ1n) is 5.34. The summed E-state index contributed by atoms with van der Waals surface area (Å²) in [6, 6.07) is 6.50. The number of hydrogen-bond acceptors (Lipinski definition) is 3. The number of amides is 1. The molecule has 0 aliphatic heterocycles. The monoisotopic (exact) mass is 249 g/mol. The molecule has 0 fully saturated rings. The van der Waals surface area contributed by atoms with Crippen LogP contribution >= 0.6 is 0 Å². The maximum absolute atomic E-state index is 12.0. The molecule has 1 rings (SSSR count). The van der Waals surface area contributed by atoms with E-state index in [1.165, 1.54) is 18.1 Å². The number of nitrogens with zero attached hydrogens (tertiary/aromatic N) is 1. The van der Waals surface area contributed by atoms with Crippen molar-refractivity contribution in [3.8, 4) is 5.75 Å². The number of benzene rings is 1. The van der Waals surface area contributed by atoms with E-state index in [-0.39, 0.29) is 19.0 Å². The number of carboxylic acid groups (broad SMARTS) is 1. The van der Waals surface area contributed by atoms with Gasteiger partial charge in [-0.3, -0.25) is 9.59 Å². The van der Waals surface area contributed by atoms with Gasteiger partial charge < -0.3 is 14.7 Å². The molecule has 0 radical (unpaired) electrons. The number of methoxy groups -OCH3 is 1. The van der Waals surface area contributed by atoms with Crippen LogP contribution in [0.15, 0.2) is 36.9 Å². The van der Waals surface area contributed by atoms with Gasteiger partial charge in [0.2, 0.25) is 0 Å². The molecule has 0 saturated heterocycles. The average molecular weight is 249 g/mol. The molecule has 1 N–H and O–H groups in total. The molecule has 1 aromatic rings. The highest BCUT2D eigenvalue weighted by atomic mass is 16.5. The van der Waals surface area contributed by atoms with Gasteiger partial charge in [-0.1, -0.05) is 6.08 Å². The molecule has 0 saturated carbocycles. The van der Waals surface area contributed by atoms with Crippen molar-refractivity contribution < 1.29 is 19.4 Å². The number of carbonyl (C=O) groups excluding carboxylic acids is 1. The van der Waals surface area contributed by atoms with Crippen molar-refractivity contribution in [1.29, 1.82) is 0 Å². The van der Waals surface area contributed by atoms with Gasteiger partial charge in [0.15, 0.2) is 0 Å². The summed E-state index contributed by atoms with van der Waals surface area (Å²) in [4.78, 5) is 23.9. The lowest BCUT2D eigenvalue weighted by atomic mass is 10.2. The molecule has 0 aliphatic rings. The molecule has 0 aromatic heterocycles. The number of aliphatic carboxylic acids is 1. The lowest BCUT2D eigenvalue weighted by Crippen LogP contribution is -2.35. The van der Waals surface area contributed by atoms with Crippen LogP contribution < -0.4 is 4.74 Å². The van der Waals surface area contributed by atoms with Crippen molar-refractivity contribution in [2.75, 3.05) is 20.2 Å². The third-order valence-corrected chi connectivity index (χ3v) is 2.30. The van der Waals surface area contributed by atoms with Crippen molar-refractivity contribution in [2.24, 2.45) is 0 Å². The van der Waals surface area contributed by atoms with E-state index >= 15 is 0 Å². The van der Waals surface area contributed by atoms with Crippen molar-refractivity contribution in [3.05, 3.63) is 42.5 Å². The second-order valence-electron chi connectivity index (χ2n) is 3.60. The van der Waals surface area contributed by atoms with Gasteiger partial charge in [0.1, 0.15) is 12.3 Å². The van der Waals surface area contributed by atoms with E-state index in [1.54, 1.807) is 24.3 Å². The maximum atomic E-state index is 12.0. The second kappa shape index (κ2) is 6.44. The highest BCUT2D eigenvalue weighted by molar-refractivity contribution is 5.96. The van der Waals surface area contributed by atoms with Crippen LogP contribution in [0.3, 0.4) is 0 Å². The van der Waals surface area contributed by atoms with Crippen LogP contribution in [-0.4, -0.2) is 42.1 Å². The molecule has 5 heteroatoms. The summed E-state index contributed by atoms with van der Waals surface area (Å²) >= 11 is 0. The summed E-state index contributed by atoms with van der Waals surface area (Å²) in [6.45, 7) is 3.35. The summed E-state index contributed by atoms with van der Waals surface area (Å²) in [6.07, 6.45) is 1.49. The fourth-order valence-corrected chi connectivity index (χ4v) is 1.45. The van der Waals surface area contributed by atoms with Crippen LogP contribution in [0.4, 0.5) is 0 Å². The predicted octanol–water partition coefficient (Wildman–Crippen LogP) is 1.41. The number of hydrogen-bond donors (Lipinski definition) is 1. The first-order chi connectivity index (χ1) is 8.58. The fraction of sp³-hybridized carbons (Fsp3) is 0.231. The Labute approximate surface area is 105 Å². The second-order valence-corrected chi connectivity index (χ2v) is 3.60. The van der Waals surface area contributed by atoms with Crippen molar-refractivity contribution >= 4 is 11.9 Å². The Kier molecular flexibility index (Phi) is 4.92. The highest BCUT2D eigenvalue weighted by Gasteiger charge is 2.17. The van der Waals surface area contributed by atoms with E-state index in [0.29, 0.717) is 11.3 Å². The van der Waals surface area contributed by atoms with E-state index in [4.69, 9.17) is 9.84 Å². The minimum atomic E-state index is -1.06. The van der Waals surface area contributed by atoms with Gasteiger partial charge in [-0.15, -0.1) is 6.58 Å². The molecule has 1 amide bonds. The zero-order valence-electron chi connectivity index (χ0n) is 10.1. The topological polar surface area (TPSA) is 66.8 Å². The summed E-state index contributed by atoms with van der Waals surface area (Å²) in [5.74, 6) is -0.765. The highest BCUT2D eigenvalue weighted by Crippen LogP contribution is 2.13. The minimum Gasteiger partial charge on any atom is -0.497 e. The van der Waals surface area contributed by atoms with E-state index in [0.717, 1.165) is 0 Å². The molecule has 0 spiro atoms. The summed E-state index contributed by atoms with van der Waals surface area (Å²) in [5.41, 5.74) is 0.416. The molecule has 0 atom stereocenters. The third kappa shape index (κ3) is 3.62. The van der Waals surface area contributed by atoms with E-state index in [2.05, 4.69) is 6.58 Å². The Morgan fingerprint density at radius 3 is 2.44 bits per heavy atom. The molecule has 96 valence electrons. The fourth-order valence-electron chi connectivity index (χ4n) is 1.45. The van der Waals surface area contributed by atoms with Gasteiger partial charge in [-0.05, 0) is 24.3 Å². The zero-order valence-corrected chi connectivity index (χ0v) is 10.1. The molecule has 0 bridgehead atoms. The Morgan fingerprint density at radius 2 is 2.00 bits per heavy atom. The zero-order chi connectivity index (χ0) is 13.5. The number of carboxylic acids is 1. The van der Waals surface area contributed by atoms with Crippen LogP contribution in [-0.2, 0) is 4.79 Å². The third-order valence-electron chi connectivity index (χ3n) is 2.30. The number of carbonyl (C=O) groups is 2. The van der Waals surface area contributed by atoms with E-state index in [9.17, 15) is 9.59 Å². The Morgan fingerprint density at radius 1 is 1.39 bits per heavy atom. The molecule has 0 heterocycles. The Hall–Kier alpha value is -2.30. The standard InChI is InChI=1S/C13H15NO4/c1-3-8-14(9-12(15)16)13(17)10-4-6-11(18-2)7-5-10/h3-7H,1,8-9H2,2H3,(H,15,16). The molecule has 0 aliphatic carbocycles. The first-order valence-corrected chi connectivity index (χ1v) is 5.34. The van der Waals surface area contributed by atoms with Gasteiger partial charge in [-0.25, -0.2) is 0 Å². The number of ether oxygens (including phenoxy) is 1. The van der Waals surface area contributed by atoms with Crippen molar-refractivity contribution in [2.45, 2.75) is 0 Å². The normalized spacial score (nSPS) is 9.61. The molecular weight excluding hydrogens is 234 g/mol. The minimum absolute atomic E-state index is 0.192. The SMILES string of the molecule is C=CCN(CC(=O)O)C(=O)c1ccc(OC)cc1. The first kappa shape index (κ1) is 13.8. The van der Waals surface area contributed by atoms with Gasteiger partial charge in [0.05, 0.1) is 7.11 Å². The van der Waals surface area contributed by atoms with Gasteiger partial charge in [0.25, 0.3) is 5.91 Å². The smallest absolute Gasteiger partial charge is 0.323 e. The van der Waals surface area contributed by atoms with Crippen LogP contribution in [0, 0.1) is 0 Å². The Balaban J connectivity index is 2.86. The summed E-state index contributed by atoms with van der Waals surface area (Å²) < 4.78 is 4.99. The molecule has 0 unspecified atom stereocenters. The predicted molar refractivity (Wildman–Crippen MR) is 66.7 cm³/mol. The van der Waals surface area contributed by atoms with E-state index < -0.39 is 5.97 Å². The van der Waals surface area contributed by atoms with Crippen molar-refractivity contribution in [1.82, 2.24) is 4.90 Å². The average Bonchev–Trinajstić information content (AvgIpc) is 2.37. The largest absolute Gasteiger partial charge is 0.497 e.